The Labute approximate surface area is 168 Å². The summed E-state index contributed by atoms with van der Waals surface area (Å²) >= 11 is 7.17. The first kappa shape index (κ1) is 18.9. The van der Waals surface area contributed by atoms with Crippen LogP contribution in [0.5, 0.6) is 5.19 Å². The molecule has 1 aliphatic heterocycles. The Kier molecular flexibility index (Phi) is 5.32. The molecule has 3 aromatic rings. The molecular formula is C19H16ClF2N3O2S. The fourth-order valence-corrected chi connectivity index (χ4v) is 4.17. The minimum atomic E-state index is -0.702. The number of halogens is 3. The molecule has 9 heteroatoms. The third kappa shape index (κ3) is 4.02. The normalized spacial score (nSPS) is 15.0. The lowest BCUT2D eigenvalue weighted by Gasteiger charge is -2.31. The quantitative estimate of drug-likeness (QED) is 0.621. The van der Waals surface area contributed by atoms with E-state index in [4.69, 9.17) is 16.3 Å². The van der Waals surface area contributed by atoms with E-state index in [9.17, 15) is 13.6 Å². The third-order valence-electron chi connectivity index (χ3n) is 4.51. The smallest absolute Gasteiger partial charge is 0.321 e. The Hall–Kier alpha value is -2.45. The molecule has 0 bridgehead atoms. The van der Waals surface area contributed by atoms with Crippen molar-refractivity contribution in [3.05, 3.63) is 53.1 Å². The largest absolute Gasteiger partial charge is 0.467 e. The maximum atomic E-state index is 13.8. The van der Waals surface area contributed by atoms with Gasteiger partial charge >= 0.3 is 6.03 Å². The maximum Gasteiger partial charge on any atom is 0.321 e. The van der Waals surface area contributed by atoms with Gasteiger partial charge in [0, 0.05) is 32.0 Å². The van der Waals surface area contributed by atoms with Crippen LogP contribution in [0.2, 0.25) is 5.02 Å². The van der Waals surface area contributed by atoms with Gasteiger partial charge in [0.15, 0.2) is 5.82 Å². The predicted octanol–water partition coefficient (Wildman–Crippen LogP) is 5.30. The number of carbonyl (C=O) groups excluding carboxylic acids is 1. The second-order valence-electron chi connectivity index (χ2n) is 6.43. The topological polar surface area (TPSA) is 54.5 Å². The Morgan fingerprint density at radius 1 is 1.25 bits per heavy atom. The SMILES string of the molecule is O=C(Nc1ccccc1Cl)N1CCC(Oc2nc3c(F)cc(F)cc3s2)CC1. The number of fused-ring (bicyclic) bond motifs is 1. The number of amides is 2. The lowest BCUT2D eigenvalue weighted by molar-refractivity contribution is 0.115. The van der Waals surface area contributed by atoms with Crippen molar-refractivity contribution < 1.29 is 18.3 Å². The number of ether oxygens (including phenoxy) is 1. The van der Waals surface area contributed by atoms with Gasteiger partial charge in [-0.15, -0.1) is 0 Å². The number of anilines is 1. The number of nitrogens with zero attached hydrogens (tertiary/aromatic N) is 2. The number of urea groups is 1. The summed E-state index contributed by atoms with van der Waals surface area (Å²) in [5.74, 6) is -1.34. The van der Waals surface area contributed by atoms with E-state index in [0.717, 1.165) is 17.4 Å². The lowest BCUT2D eigenvalue weighted by atomic mass is 10.1. The first-order chi connectivity index (χ1) is 13.5. The summed E-state index contributed by atoms with van der Waals surface area (Å²) in [7, 11) is 0. The molecule has 0 spiro atoms. The fourth-order valence-electron chi connectivity index (χ4n) is 3.06. The molecule has 1 saturated heterocycles. The molecule has 0 atom stereocenters. The van der Waals surface area contributed by atoms with Crippen LogP contribution in [0.3, 0.4) is 0 Å². The second-order valence-corrected chi connectivity index (χ2v) is 7.83. The Bertz CT molecular complexity index is 1020. The number of piperidine rings is 1. The summed E-state index contributed by atoms with van der Waals surface area (Å²) in [5.41, 5.74) is 0.675. The van der Waals surface area contributed by atoms with Gasteiger partial charge in [-0.1, -0.05) is 35.1 Å². The van der Waals surface area contributed by atoms with E-state index in [-0.39, 0.29) is 17.7 Å². The van der Waals surface area contributed by atoms with Crippen molar-refractivity contribution in [2.24, 2.45) is 0 Å². The molecular weight excluding hydrogens is 408 g/mol. The number of thiazole rings is 1. The molecule has 2 aromatic carbocycles. The van der Waals surface area contributed by atoms with Crippen LogP contribution in [0.1, 0.15) is 12.8 Å². The average Bonchev–Trinajstić information content (AvgIpc) is 3.07. The predicted molar refractivity (Wildman–Crippen MR) is 105 cm³/mol. The summed E-state index contributed by atoms with van der Waals surface area (Å²) in [6.07, 6.45) is 1.09. The number of rotatable bonds is 3. The van der Waals surface area contributed by atoms with Crippen molar-refractivity contribution in [1.29, 1.82) is 0 Å². The monoisotopic (exact) mass is 423 g/mol. The van der Waals surface area contributed by atoms with Crippen LogP contribution in [0, 0.1) is 11.6 Å². The molecule has 0 aliphatic carbocycles. The van der Waals surface area contributed by atoms with Crippen molar-refractivity contribution in [1.82, 2.24) is 9.88 Å². The molecule has 1 fully saturated rings. The van der Waals surface area contributed by atoms with Gasteiger partial charge in [0.1, 0.15) is 17.4 Å². The summed E-state index contributed by atoms with van der Waals surface area (Å²) < 4.78 is 33.3. The van der Waals surface area contributed by atoms with Gasteiger partial charge in [0.05, 0.1) is 15.4 Å². The highest BCUT2D eigenvalue weighted by Crippen LogP contribution is 2.32. The van der Waals surface area contributed by atoms with Gasteiger partial charge in [0.25, 0.3) is 5.19 Å². The van der Waals surface area contributed by atoms with Crippen LogP contribution in [0.15, 0.2) is 36.4 Å². The summed E-state index contributed by atoms with van der Waals surface area (Å²) in [6.45, 7) is 1.02. The standard InChI is InChI=1S/C19H16ClF2N3O2S/c20-13-3-1-2-4-15(13)23-18(26)25-7-5-12(6-8-25)27-19-24-17-14(22)9-11(21)10-16(17)28-19/h1-4,9-10,12H,5-8H2,(H,23,26). The molecule has 0 saturated carbocycles. The van der Waals surface area contributed by atoms with Crippen LogP contribution in [-0.4, -0.2) is 35.1 Å². The molecule has 5 nitrogen and oxygen atoms in total. The zero-order chi connectivity index (χ0) is 19.7. The van der Waals surface area contributed by atoms with Crippen molar-refractivity contribution in [2.75, 3.05) is 18.4 Å². The number of hydrogen-bond acceptors (Lipinski definition) is 4. The van der Waals surface area contributed by atoms with E-state index >= 15 is 0 Å². The zero-order valence-corrected chi connectivity index (χ0v) is 16.2. The summed E-state index contributed by atoms with van der Waals surface area (Å²) in [6, 6.07) is 8.88. The van der Waals surface area contributed by atoms with E-state index in [0.29, 0.717) is 46.5 Å². The van der Waals surface area contributed by atoms with Gasteiger partial charge in [0.2, 0.25) is 0 Å². The molecule has 4 rings (SSSR count). The molecule has 146 valence electrons. The van der Waals surface area contributed by atoms with Crippen LogP contribution in [0.25, 0.3) is 10.2 Å². The highest BCUT2D eigenvalue weighted by Gasteiger charge is 2.25. The number of aromatic nitrogens is 1. The van der Waals surface area contributed by atoms with Gasteiger partial charge in [-0.2, -0.15) is 4.98 Å². The van der Waals surface area contributed by atoms with E-state index in [2.05, 4.69) is 10.3 Å². The Morgan fingerprint density at radius 3 is 2.75 bits per heavy atom. The number of nitrogens with one attached hydrogen (secondary N) is 1. The van der Waals surface area contributed by atoms with Crippen molar-refractivity contribution in [2.45, 2.75) is 18.9 Å². The molecule has 0 radical (unpaired) electrons. The van der Waals surface area contributed by atoms with Gasteiger partial charge < -0.3 is 15.0 Å². The third-order valence-corrected chi connectivity index (χ3v) is 5.73. The molecule has 0 unspecified atom stereocenters. The average molecular weight is 424 g/mol. The number of para-hydroxylation sites is 1. The van der Waals surface area contributed by atoms with E-state index < -0.39 is 11.6 Å². The highest BCUT2D eigenvalue weighted by atomic mass is 35.5. The lowest BCUT2D eigenvalue weighted by Crippen LogP contribution is -2.43. The van der Waals surface area contributed by atoms with Gasteiger partial charge in [-0.25, -0.2) is 13.6 Å². The summed E-state index contributed by atoms with van der Waals surface area (Å²) in [4.78, 5) is 18.2. The highest BCUT2D eigenvalue weighted by molar-refractivity contribution is 7.20. The first-order valence-electron chi connectivity index (χ1n) is 8.72. The van der Waals surface area contributed by atoms with Crippen LogP contribution >= 0.6 is 22.9 Å². The van der Waals surface area contributed by atoms with Crippen LogP contribution in [-0.2, 0) is 0 Å². The molecule has 2 amide bonds. The molecule has 28 heavy (non-hydrogen) atoms. The minimum absolute atomic E-state index is 0.109. The van der Waals surface area contributed by atoms with Crippen molar-refractivity contribution in [3.63, 3.8) is 0 Å². The molecule has 1 aromatic heterocycles. The minimum Gasteiger partial charge on any atom is -0.467 e. The van der Waals surface area contributed by atoms with E-state index in [1.165, 1.54) is 6.07 Å². The van der Waals surface area contributed by atoms with Crippen molar-refractivity contribution in [3.8, 4) is 5.19 Å². The second kappa shape index (κ2) is 7.89. The van der Waals surface area contributed by atoms with E-state index in [1.54, 1.807) is 29.2 Å². The Morgan fingerprint density at radius 2 is 2.00 bits per heavy atom. The maximum absolute atomic E-state index is 13.8. The number of benzene rings is 2. The molecule has 1 aliphatic rings. The number of carbonyl (C=O) groups is 1. The van der Waals surface area contributed by atoms with Gasteiger partial charge in [-0.3, -0.25) is 0 Å². The zero-order valence-electron chi connectivity index (χ0n) is 14.6. The number of hydrogen-bond donors (Lipinski definition) is 1. The van der Waals surface area contributed by atoms with E-state index in [1.807, 2.05) is 0 Å². The van der Waals surface area contributed by atoms with Crippen LogP contribution < -0.4 is 10.1 Å². The summed E-state index contributed by atoms with van der Waals surface area (Å²) in [5, 5.41) is 3.58. The fraction of sp³-hybridized carbons (Fsp3) is 0.263. The van der Waals surface area contributed by atoms with Gasteiger partial charge in [-0.05, 0) is 18.2 Å². The Balaban J connectivity index is 1.35. The van der Waals surface area contributed by atoms with Crippen LogP contribution in [0.4, 0.5) is 19.3 Å². The van der Waals surface area contributed by atoms with Crippen molar-refractivity contribution >= 4 is 44.9 Å². The number of likely N-dealkylation sites (tertiary alicyclic amines) is 1. The molecule has 1 N–H and O–H groups in total. The molecule has 2 heterocycles. The first-order valence-corrected chi connectivity index (χ1v) is 9.92.